The zero-order valence-electron chi connectivity index (χ0n) is 21.7. The van der Waals surface area contributed by atoms with Gasteiger partial charge in [-0.1, -0.05) is 47.6 Å². The Bertz CT molecular complexity index is 1660. The molecule has 0 saturated carbocycles. The highest BCUT2D eigenvalue weighted by molar-refractivity contribution is 8.07. The molecule has 0 aliphatic carbocycles. The van der Waals surface area contributed by atoms with E-state index in [1.54, 1.807) is 30.0 Å². The van der Waals surface area contributed by atoms with E-state index >= 15 is 0 Å². The molecular formula is C31H28ClFN4OS. The zero-order valence-corrected chi connectivity index (χ0v) is 23.3. The number of nitrogens with one attached hydrogen (secondary N) is 1. The number of amides is 1. The predicted molar refractivity (Wildman–Crippen MR) is 161 cm³/mol. The van der Waals surface area contributed by atoms with Gasteiger partial charge >= 0.3 is 0 Å². The van der Waals surface area contributed by atoms with E-state index in [4.69, 9.17) is 11.6 Å². The Morgan fingerprint density at radius 2 is 1.95 bits per heavy atom. The minimum Gasteiger partial charge on any atom is -0.361 e. The minimum absolute atomic E-state index is 0.101. The first-order chi connectivity index (χ1) is 18.9. The second-order valence-corrected chi connectivity index (χ2v) is 11.6. The molecule has 1 aromatic heterocycles. The number of anilines is 1. The zero-order chi connectivity index (χ0) is 27.1. The smallest absolute Gasteiger partial charge is 0.259 e. The summed E-state index contributed by atoms with van der Waals surface area (Å²) in [5.41, 5.74) is 5.15. The van der Waals surface area contributed by atoms with Crippen LogP contribution in [0.3, 0.4) is 0 Å². The van der Waals surface area contributed by atoms with Crippen LogP contribution in [0, 0.1) is 5.82 Å². The summed E-state index contributed by atoms with van der Waals surface area (Å²) in [5, 5.41) is 5.65. The van der Waals surface area contributed by atoms with Gasteiger partial charge in [0.25, 0.3) is 5.91 Å². The van der Waals surface area contributed by atoms with E-state index in [0.29, 0.717) is 17.1 Å². The number of hydrogen-bond donors (Lipinski definition) is 1. The Hall–Kier alpha value is -3.52. The van der Waals surface area contributed by atoms with E-state index in [1.165, 1.54) is 6.07 Å². The van der Waals surface area contributed by atoms with Crippen LogP contribution in [-0.2, 0) is 4.79 Å². The number of para-hydroxylation sites is 1. The maximum atomic E-state index is 14.1. The number of carbonyl (C=O) groups excluding carboxylic acids is 1. The molecule has 1 amide bonds. The van der Waals surface area contributed by atoms with Gasteiger partial charge in [0.2, 0.25) is 0 Å². The van der Waals surface area contributed by atoms with Gasteiger partial charge in [0.1, 0.15) is 5.82 Å². The lowest BCUT2D eigenvalue weighted by atomic mass is 10.1. The SMILES string of the molecule is CN(C)CCCN1CC(=Cc2cn(-c3cccc(F)c3)c3ccccc23)SC1=C1C(=O)Nc2ccc(Cl)cc21. The molecule has 0 bridgehead atoms. The lowest BCUT2D eigenvalue weighted by Gasteiger charge is -2.21. The number of nitrogens with zero attached hydrogens (tertiary/aromatic N) is 3. The topological polar surface area (TPSA) is 40.5 Å². The molecule has 5 nitrogen and oxygen atoms in total. The number of halogens is 2. The fraction of sp³-hybridized carbons (Fsp3) is 0.194. The van der Waals surface area contributed by atoms with Crippen molar-refractivity contribution in [2.24, 2.45) is 0 Å². The highest BCUT2D eigenvalue weighted by Gasteiger charge is 2.34. The van der Waals surface area contributed by atoms with E-state index in [2.05, 4.69) is 53.6 Å². The van der Waals surface area contributed by atoms with Gasteiger partial charge in [-0.2, -0.15) is 0 Å². The monoisotopic (exact) mass is 558 g/mol. The molecule has 6 rings (SSSR count). The molecule has 2 aliphatic heterocycles. The molecule has 4 aromatic rings. The minimum atomic E-state index is -0.267. The highest BCUT2D eigenvalue weighted by atomic mass is 35.5. The van der Waals surface area contributed by atoms with Crippen molar-refractivity contribution in [1.29, 1.82) is 0 Å². The van der Waals surface area contributed by atoms with Crippen molar-refractivity contribution >= 4 is 57.5 Å². The summed E-state index contributed by atoms with van der Waals surface area (Å²) < 4.78 is 16.1. The van der Waals surface area contributed by atoms with Crippen molar-refractivity contribution in [1.82, 2.24) is 14.4 Å². The maximum Gasteiger partial charge on any atom is 0.259 e. The average molecular weight is 559 g/mol. The number of carbonyl (C=O) groups is 1. The Morgan fingerprint density at radius 1 is 1.10 bits per heavy atom. The fourth-order valence-corrected chi connectivity index (χ4v) is 6.63. The van der Waals surface area contributed by atoms with Crippen molar-refractivity contribution < 1.29 is 9.18 Å². The first-order valence-electron chi connectivity index (χ1n) is 12.9. The largest absolute Gasteiger partial charge is 0.361 e. The second-order valence-electron chi connectivity index (χ2n) is 10.1. The van der Waals surface area contributed by atoms with Gasteiger partial charge in [-0.3, -0.25) is 4.79 Å². The molecule has 0 radical (unpaired) electrons. The third kappa shape index (κ3) is 5.10. The lowest BCUT2D eigenvalue weighted by Crippen LogP contribution is -2.25. The number of fused-ring (bicyclic) bond motifs is 2. The van der Waals surface area contributed by atoms with Crippen LogP contribution in [0.1, 0.15) is 17.5 Å². The fourth-order valence-electron chi connectivity index (χ4n) is 5.21. The van der Waals surface area contributed by atoms with Crippen LogP contribution in [0.25, 0.3) is 28.2 Å². The van der Waals surface area contributed by atoms with Crippen molar-refractivity contribution in [2.75, 3.05) is 39.0 Å². The predicted octanol–water partition coefficient (Wildman–Crippen LogP) is 7.09. The van der Waals surface area contributed by atoms with Gasteiger partial charge < -0.3 is 19.7 Å². The molecule has 1 fully saturated rings. The van der Waals surface area contributed by atoms with Crippen LogP contribution >= 0.6 is 23.4 Å². The summed E-state index contributed by atoms with van der Waals surface area (Å²) >= 11 is 7.97. The van der Waals surface area contributed by atoms with Gasteiger partial charge in [-0.25, -0.2) is 4.39 Å². The molecular weight excluding hydrogens is 531 g/mol. The third-order valence-corrected chi connectivity index (χ3v) is 8.38. The Labute approximate surface area is 236 Å². The normalized spacial score (nSPS) is 18.0. The molecule has 39 heavy (non-hydrogen) atoms. The van der Waals surface area contributed by atoms with E-state index < -0.39 is 0 Å². The van der Waals surface area contributed by atoms with Crippen molar-refractivity contribution in [3.63, 3.8) is 0 Å². The summed E-state index contributed by atoms with van der Waals surface area (Å²) in [7, 11) is 4.14. The summed E-state index contributed by atoms with van der Waals surface area (Å²) in [6.07, 6.45) is 5.23. The molecule has 0 spiro atoms. The van der Waals surface area contributed by atoms with Crippen LogP contribution < -0.4 is 5.32 Å². The van der Waals surface area contributed by atoms with Crippen molar-refractivity contribution in [2.45, 2.75) is 6.42 Å². The van der Waals surface area contributed by atoms with Crippen molar-refractivity contribution in [3.05, 3.63) is 105 Å². The summed E-state index contributed by atoms with van der Waals surface area (Å²) in [6, 6.07) is 20.3. The van der Waals surface area contributed by atoms with Gasteiger partial charge in [0.15, 0.2) is 0 Å². The molecule has 0 atom stereocenters. The van der Waals surface area contributed by atoms with Gasteiger partial charge in [0.05, 0.1) is 16.1 Å². The van der Waals surface area contributed by atoms with Crippen LogP contribution in [0.5, 0.6) is 0 Å². The van der Waals surface area contributed by atoms with Crippen LogP contribution in [0.4, 0.5) is 10.1 Å². The van der Waals surface area contributed by atoms with Crippen LogP contribution in [0.2, 0.25) is 5.02 Å². The quantitative estimate of drug-likeness (QED) is 0.257. The average Bonchev–Trinajstić information content (AvgIpc) is 3.57. The summed E-state index contributed by atoms with van der Waals surface area (Å²) in [4.78, 5) is 18.8. The molecule has 0 unspecified atom stereocenters. The van der Waals surface area contributed by atoms with E-state index in [1.807, 2.05) is 34.9 Å². The number of rotatable bonds is 6. The molecule has 1 saturated heterocycles. The molecule has 2 aliphatic rings. The Kier molecular flexibility index (Phi) is 6.97. The molecule has 8 heteroatoms. The number of hydrogen-bond acceptors (Lipinski definition) is 4. The molecule has 3 aromatic carbocycles. The third-order valence-electron chi connectivity index (χ3n) is 6.98. The van der Waals surface area contributed by atoms with Crippen LogP contribution in [0.15, 0.2) is 82.9 Å². The van der Waals surface area contributed by atoms with E-state index in [9.17, 15) is 9.18 Å². The van der Waals surface area contributed by atoms with E-state index in [0.717, 1.165) is 62.8 Å². The maximum absolute atomic E-state index is 14.1. The van der Waals surface area contributed by atoms with Gasteiger partial charge in [-0.15, -0.1) is 0 Å². The standard InChI is InChI=1S/C31H28ClFN4OS/c1-35(2)13-6-14-36-19-24(39-31(36)29-26-16-21(32)11-12-27(26)34-30(29)38)15-20-18-37(23-8-5-7-22(33)17-23)28-10-4-3-9-25(20)28/h3-5,7-12,15-18H,6,13-14,19H2,1-2H3,(H,34,38). The lowest BCUT2D eigenvalue weighted by molar-refractivity contribution is -0.110. The number of benzene rings is 3. The first-order valence-corrected chi connectivity index (χ1v) is 14.1. The van der Waals surface area contributed by atoms with E-state index in [-0.39, 0.29) is 11.7 Å². The van der Waals surface area contributed by atoms with Crippen molar-refractivity contribution in [3.8, 4) is 5.69 Å². The highest BCUT2D eigenvalue weighted by Crippen LogP contribution is 2.46. The summed E-state index contributed by atoms with van der Waals surface area (Å²) in [5.74, 6) is -0.368. The van der Waals surface area contributed by atoms with Crippen LogP contribution in [-0.4, -0.2) is 54.0 Å². The molecule has 3 heterocycles. The number of aromatic nitrogens is 1. The van der Waals surface area contributed by atoms with Gasteiger partial charge in [0, 0.05) is 57.1 Å². The molecule has 198 valence electrons. The number of thioether (sulfide) groups is 1. The molecule has 1 N–H and O–H groups in total. The first kappa shape index (κ1) is 25.7. The Balaban J connectivity index is 1.42. The second kappa shape index (κ2) is 10.6. The summed E-state index contributed by atoms with van der Waals surface area (Å²) in [6.45, 7) is 2.49. The Morgan fingerprint density at radius 3 is 2.77 bits per heavy atom. The van der Waals surface area contributed by atoms with Gasteiger partial charge in [-0.05, 0) is 75.6 Å².